The van der Waals surface area contributed by atoms with E-state index in [1.165, 1.54) is 0 Å². The second-order valence-corrected chi connectivity index (χ2v) is 4.02. The summed E-state index contributed by atoms with van der Waals surface area (Å²) in [5, 5.41) is 4.11. The number of thioether (sulfide) groups is 1. The molecule has 1 aromatic heterocycles. The molecule has 16 heavy (non-hydrogen) atoms. The quantitative estimate of drug-likeness (QED) is 0.483. The highest BCUT2D eigenvalue weighted by Crippen LogP contribution is 2.19. The van der Waals surface area contributed by atoms with Crippen molar-refractivity contribution in [3.63, 3.8) is 0 Å². The molecule has 0 amide bonds. The average molecular weight is 232 g/mol. The Labute approximate surface area is 98.3 Å². The Kier molecular flexibility index (Phi) is 3.26. The van der Waals surface area contributed by atoms with Gasteiger partial charge in [0.05, 0.1) is 0 Å². The lowest BCUT2D eigenvalue weighted by molar-refractivity contribution is 1.05. The first-order chi connectivity index (χ1) is 7.78. The highest BCUT2D eigenvalue weighted by molar-refractivity contribution is 7.98. The van der Waals surface area contributed by atoms with E-state index in [-0.39, 0.29) is 0 Å². The first-order valence-electron chi connectivity index (χ1n) is 4.76. The average Bonchev–Trinajstić information content (AvgIpc) is 2.29. The number of hydrogen-bond acceptors (Lipinski definition) is 5. The number of aromatic nitrogens is 2. The Morgan fingerprint density at radius 2 is 2.12 bits per heavy atom. The number of nitrogen functional groups attached to an aromatic ring is 1. The Morgan fingerprint density at radius 1 is 1.25 bits per heavy atom. The van der Waals surface area contributed by atoms with E-state index in [1.807, 2.05) is 36.6 Å². The third-order valence-corrected chi connectivity index (χ3v) is 2.65. The zero-order valence-corrected chi connectivity index (χ0v) is 9.66. The maximum atomic E-state index is 5.69. The Hall–Kier alpha value is -1.75. The maximum absolute atomic E-state index is 5.69. The van der Waals surface area contributed by atoms with Crippen molar-refractivity contribution in [2.75, 3.05) is 17.3 Å². The van der Waals surface area contributed by atoms with Gasteiger partial charge in [0.15, 0.2) is 0 Å². The molecule has 0 radical (unpaired) electrons. The van der Waals surface area contributed by atoms with Crippen LogP contribution in [0, 0.1) is 0 Å². The van der Waals surface area contributed by atoms with Crippen molar-refractivity contribution in [2.45, 2.75) is 5.03 Å². The summed E-state index contributed by atoms with van der Waals surface area (Å²) in [6.07, 6.45) is 3.52. The number of benzene rings is 1. The Balaban J connectivity index is 2.20. The molecular formula is C11H12N4S. The van der Waals surface area contributed by atoms with Crippen LogP contribution >= 0.6 is 11.8 Å². The first kappa shape index (κ1) is 10.8. The molecule has 0 spiro atoms. The van der Waals surface area contributed by atoms with E-state index >= 15 is 0 Å². The zero-order valence-electron chi connectivity index (χ0n) is 8.84. The molecule has 82 valence electrons. The van der Waals surface area contributed by atoms with Gasteiger partial charge in [-0.25, -0.2) is 9.97 Å². The highest BCUT2D eigenvalue weighted by Gasteiger charge is 1.98. The summed E-state index contributed by atoms with van der Waals surface area (Å²) in [6, 6.07) is 9.44. The molecule has 0 unspecified atom stereocenters. The lowest BCUT2D eigenvalue weighted by atomic mass is 10.3. The van der Waals surface area contributed by atoms with Crippen molar-refractivity contribution >= 4 is 29.0 Å². The Morgan fingerprint density at radius 3 is 2.88 bits per heavy atom. The normalized spacial score (nSPS) is 10.1. The molecule has 0 atom stereocenters. The molecule has 2 rings (SSSR count). The standard InChI is InChI=1S/C11H12N4S/c1-16-11-6-10(13-7-14-11)15-9-4-2-3-8(12)5-9/h2-7H,12H2,1H3,(H,13,14,15). The van der Waals surface area contributed by atoms with Crippen LogP contribution in [0.5, 0.6) is 0 Å². The van der Waals surface area contributed by atoms with Gasteiger partial charge >= 0.3 is 0 Å². The van der Waals surface area contributed by atoms with Crippen molar-refractivity contribution in [1.82, 2.24) is 9.97 Å². The van der Waals surface area contributed by atoms with Crippen LogP contribution in [0.25, 0.3) is 0 Å². The van der Waals surface area contributed by atoms with Crippen LogP contribution in [0.15, 0.2) is 41.7 Å². The summed E-state index contributed by atoms with van der Waals surface area (Å²) >= 11 is 1.58. The molecule has 1 heterocycles. The van der Waals surface area contributed by atoms with Gasteiger partial charge in [0.1, 0.15) is 17.2 Å². The number of nitrogens with one attached hydrogen (secondary N) is 1. The number of rotatable bonds is 3. The minimum Gasteiger partial charge on any atom is -0.399 e. The van der Waals surface area contributed by atoms with E-state index in [0.717, 1.165) is 22.2 Å². The van der Waals surface area contributed by atoms with Gasteiger partial charge in [0, 0.05) is 17.4 Å². The molecule has 0 aliphatic rings. The Bertz CT molecular complexity index is 487. The lowest BCUT2D eigenvalue weighted by Crippen LogP contribution is -1.95. The van der Waals surface area contributed by atoms with E-state index in [4.69, 9.17) is 5.73 Å². The summed E-state index contributed by atoms with van der Waals surface area (Å²) in [5.74, 6) is 0.768. The zero-order chi connectivity index (χ0) is 11.4. The SMILES string of the molecule is CSc1cc(Nc2cccc(N)c2)ncn1. The van der Waals surface area contributed by atoms with Crippen LogP contribution < -0.4 is 11.1 Å². The lowest BCUT2D eigenvalue weighted by Gasteiger charge is -2.06. The van der Waals surface area contributed by atoms with Gasteiger partial charge in [-0.15, -0.1) is 11.8 Å². The summed E-state index contributed by atoms with van der Waals surface area (Å²) in [5.41, 5.74) is 7.34. The molecule has 0 fully saturated rings. The third kappa shape index (κ3) is 2.64. The highest BCUT2D eigenvalue weighted by atomic mass is 32.2. The molecular weight excluding hydrogens is 220 g/mol. The van der Waals surface area contributed by atoms with Crippen LogP contribution in [-0.4, -0.2) is 16.2 Å². The summed E-state index contributed by atoms with van der Waals surface area (Å²) in [7, 11) is 0. The van der Waals surface area contributed by atoms with Gasteiger partial charge in [0.25, 0.3) is 0 Å². The van der Waals surface area contributed by atoms with E-state index in [0.29, 0.717) is 0 Å². The molecule has 4 nitrogen and oxygen atoms in total. The van der Waals surface area contributed by atoms with Gasteiger partial charge in [-0.2, -0.15) is 0 Å². The van der Waals surface area contributed by atoms with Gasteiger partial charge in [-0.3, -0.25) is 0 Å². The van der Waals surface area contributed by atoms with Crippen LogP contribution in [0.4, 0.5) is 17.2 Å². The topological polar surface area (TPSA) is 63.8 Å². The van der Waals surface area contributed by atoms with Crippen molar-refractivity contribution in [2.24, 2.45) is 0 Å². The fourth-order valence-electron chi connectivity index (χ4n) is 1.28. The van der Waals surface area contributed by atoms with Crippen molar-refractivity contribution < 1.29 is 0 Å². The molecule has 5 heteroatoms. The van der Waals surface area contributed by atoms with Gasteiger partial charge < -0.3 is 11.1 Å². The van der Waals surface area contributed by atoms with E-state index in [2.05, 4.69) is 15.3 Å². The third-order valence-electron chi connectivity index (χ3n) is 2.01. The molecule has 0 saturated heterocycles. The monoisotopic (exact) mass is 232 g/mol. The fraction of sp³-hybridized carbons (Fsp3) is 0.0909. The van der Waals surface area contributed by atoms with E-state index in [9.17, 15) is 0 Å². The second-order valence-electron chi connectivity index (χ2n) is 3.20. The predicted molar refractivity (Wildman–Crippen MR) is 68.0 cm³/mol. The fourth-order valence-corrected chi connectivity index (χ4v) is 1.67. The van der Waals surface area contributed by atoms with Gasteiger partial charge in [0.2, 0.25) is 0 Å². The van der Waals surface area contributed by atoms with Crippen molar-refractivity contribution in [3.05, 3.63) is 36.7 Å². The van der Waals surface area contributed by atoms with Gasteiger partial charge in [-0.1, -0.05) is 6.07 Å². The maximum Gasteiger partial charge on any atom is 0.134 e. The molecule has 2 aromatic rings. The molecule has 3 N–H and O–H groups in total. The van der Waals surface area contributed by atoms with E-state index < -0.39 is 0 Å². The van der Waals surface area contributed by atoms with Crippen LogP contribution in [-0.2, 0) is 0 Å². The van der Waals surface area contributed by atoms with Crippen LogP contribution in [0.3, 0.4) is 0 Å². The number of anilines is 3. The minimum absolute atomic E-state index is 0.726. The molecule has 1 aromatic carbocycles. The second kappa shape index (κ2) is 4.85. The molecule has 0 aliphatic carbocycles. The number of nitrogens with two attached hydrogens (primary N) is 1. The van der Waals surface area contributed by atoms with E-state index in [1.54, 1.807) is 18.1 Å². The van der Waals surface area contributed by atoms with Crippen molar-refractivity contribution in [1.29, 1.82) is 0 Å². The minimum atomic E-state index is 0.726. The smallest absolute Gasteiger partial charge is 0.134 e. The number of hydrogen-bond donors (Lipinski definition) is 2. The molecule has 0 bridgehead atoms. The molecule has 0 saturated carbocycles. The molecule has 0 aliphatic heterocycles. The first-order valence-corrected chi connectivity index (χ1v) is 5.99. The van der Waals surface area contributed by atoms with Crippen LogP contribution in [0.2, 0.25) is 0 Å². The van der Waals surface area contributed by atoms with Gasteiger partial charge in [-0.05, 0) is 24.5 Å². The van der Waals surface area contributed by atoms with Crippen molar-refractivity contribution in [3.8, 4) is 0 Å². The summed E-state index contributed by atoms with van der Waals surface area (Å²) in [4.78, 5) is 8.24. The predicted octanol–water partition coefficient (Wildman–Crippen LogP) is 2.52. The summed E-state index contributed by atoms with van der Waals surface area (Å²) in [6.45, 7) is 0. The van der Waals surface area contributed by atoms with Crippen LogP contribution in [0.1, 0.15) is 0 Å². The largest absolute Gasteiger partial charge is 0.399 e. The number of nitrogens with zero attached hydrogens (tertiary/aromatic N) is 2. The summed E-state index contributed by atoms with van der Waals surface area (Å²) < 4.78 is 0.